The first-order valence-corrected chi connectivity index (χ1v) is 10.6. The van der Waals surface area contributed by atoms with Crippen molar-refractivity contribution in [3.8, 4) is 21.8 Å². The average Bonchev–Trinajstić information content (AvgIpc) is 3.24. The van der Waals surface area contributed by atoms with Crippen molar-refractivity contribution in [1.82, 2.24) is 4.98 Å². The second-order valence-corrected chi connectivity index (χ2v) is 8.18. The molecule has 1 amide bonds. The predicted molar refractivity (Wildman–Crippen MR) is 126 cm³/mol. The van der Waals surface area contributed by atoms with E-state index in [2.05, 4.69) is 29.8 Å². The van der Waals surface area contributed by atoms with Crippen LogP contribution in [0, 0.1) is 6.92 Å². The Hall–Kier alpha value is -3.44. The SMILES string of the molecule is Cc1ccccc1-c1nc(-c2ccc(NC(=O)c3ccc(N(C)C)cc3)cc2)cs1. The number of carbonyl (C=O) groups excluding carboxylic acids is 1. The number of nitrogens with one attached hydrogen (secondary N) is 1. The molecule has 0 spiro atoms. The first-order valence-electron chi connectivity index (χ1n) is 9.72. The number of aryl methyl sites for hydroxylation is 1. The van der Waals surface area contributed by atoms with Gasteiger partial charge < -0.3 is 10.2 Å². The molecule has 0 saturated heterocycles. The van der Waals surface area contributed by atoms with Crippen molar-refractivity contribution in [2.24, 2.45) is 0 Å². The molecule has 3 aromatic carbocycles. The summed E-state index contributed by atoms with van der Waals surface area (Å²) in [5.41, 5.74) is 6.80. The Morgan fingerprint density at radius 1 is 0.933 bits per heavy atom. The van der Waals surface area contributed by atoms with Crippen LogP contribution in [0.15, 0.2) is 78.2 Å². The molecule has 4 rings (SSSR count). The smallest absolute Gasteiger partial charge is 0.255 e. The minimum atomic E-state index is -0.122. The van der Waals surface area contributed by atoms with Crippen molar-refractivity contribution < 1.29 is 4.79 Å². The third-order valence-corrected chi connectivity index (χ3v) is 5.84. The first kappa shape index (κ1) is 19.9. The Morgan fingerprint density at radius 2 is 1.63 bits per heavy atom. The monoisotopic (exact) mass is 413 g/mol. The van der Waals surface area contributed by atoms with E-state index in [1.165, 1.54) is 5.56 Å². The van der Waals surface area contributed by atoms with Crippen molar-refractivity contribution in [1.29, 1.82) is 0 Å². The molecule has 0 radical (unpaired) electrons. The minimum Gasteiger partial charge on any atom is -0.378 e. The summed E-state index contributed by atoms with van der Waals surface area (Å²) >= 11 is 1.64. The summed E-state index contributed by atoms with van der Waals surface area (Å²) in [4.78, 5) is 19.3. The highest BCUT2D eigenvalue weighted by Crippen LogP contribution is 2.31. The van der Waals surface area contributed by atoms with Crippen LogP contribution in [-0.4, -0.2) is 25.0 Å². The third-order valence-electron chi connectivity index (χ3n) is 4.96. The van der Waals surface area contributed by atoms with E-state index in [1.54, 1.807) is 11.3 Å². The van der Waals surface area contributed by atoms with Gasteiger partial charge in [-0.05, 0) is 48.9 Å². The summed E-state index contributed by atoms with van der Waals surface area (Å²) in [7, 11) is 3.95. The van der Waals surface area contributed by atoms with E-state index in [0.717, 1.165) is 33.2 Å². The zero-order valence-electron chi connectivity index (χ0n) is 17.2. The maximum Gasteiger partial charge on any atom is 0.255 e. The number of nitrogens with zero attached hydrogens (tertiary/aromatic N) is 2. The zero-order chi connectivity index (χ0) is 21.1. The van der Waals surface area contributed by atoms with Crippen LogP contribution in [0.4, 0.5) is 11.4 Å². The molecule has 1 N–H and O–H groups in total. The van der Waals surface area contributed by atoms with Crippen LogP contribution in [0.1, 0.15) is 15.9 Å². The number of thiazole rings is 1. The van der Waals surface area contributed by atoms with Crippen LogP contribution in [0.25, 0.3) is 21.8 Å². The summed E-state index contributed by atoms with van der Waals surface area (Å²) in [6.45, 7) is 2.10. The highest BCUT2D eigenvalue weighted by atomic mass is 32.1. The molecule has 30 heavy (non-hydrogen) atoms. The van der Waals surface area contributed by atoms with Crippen molar-refractivity contribution in [3.05, 3.63) is 89.3 Å². The standard InChI is InChI=1S/C25H23N3OS/c1-17-6-4-5-7-22(17)25-27-23(16-30-25)18-8-12-20(13-9-18)26-24(29)19-10-14-21(15-11-19)28(2)3/h4-16H,1-3H3,(H,26,29). The number of amides is 1. The van der Waals surface area contributed by atoms with Gasteiger partial charge >= 0.3 is 0 Å². The van der Waals surface area contributed by atoms with E-state index in [4.69, 9.17) is 4.98 Å². The molecule has 150 valence electrons. The fourth-order valence-electron chi connectivity index (χ4n) is 3.18. The lowest BCUT2D eigenvalue weighted by Gasteiger charge is -2.12. The van der Waals surface area contributed by atoms with E-state index in [0.29, 0.717) is 5.56 Å². The molecule has 0 fully saturated rings. The molecule has 0 aliphatic rings. The molecule has 0 saturated carbocycles. The summed E-state index contributed by atoms with van der Waals surface area (Å²) in [5, 5.41) is 6.04. The number of hydrogen-bond donors (Lipinski definition) is 1. The van der Waals surface area contributed by atoms with Gasteiger partial charge in [0.15, 0.2) is 0 Å². The molecule has 0 aliphatic heterocycles. The van der Waals surface area contributed by atoms with E-state index in [9.17, 15) is 4.79 Å². The molecule has 1 aromatic heterocycles. The maximum atomic E-state index is 12.5. The summed E-state index contributed by atoms with van der Waals surface area (Å²) in [5.74, 6) is -0.122. The number of anilines is 2. The fraction of sp³-hybridized carbons (Fsp3) is 0.120. The van der Waals surface area contributed by atoms with Gasteiger partial charge in [0.05, 0.1) is 5.69 Å². The fourth-order valence-corrected chi connectivity index (χ4v) is 4.10. The van der Waals surface area contributed by atoms with E-state index in [1.807, 2.05) is 79.7 Å². The molecule has 0 atom stereocenters. The van der Waals surface area contributed by atoms with Crippen molar-refractivity contribution in [3.63, 3.8) is 0 Å². The molecule has 5 heteroatoms. The van der Waals surface area contributed by atoms with Crippen LogP contribution >= 0.6 is 11.3 Å². The second kappa shape index (κ2) is 8.51. The number of carbonyl (C=O) groups is 1. The van der Waals surface area contributed by atoms with E-state index in [-0.39, 0.29) is 5.91 Å². The van der Waals surface area contributed by atoms with Crippen LogP contribution in [0.5, 0.6) is 0 Å². The van der Waals surface area contributed by atoms with Gasteiger partial charge in [0.2, 0.25) is 0 Å². The zero-order valence-corrected chi connectivity index (χ0v) is 18.0. The predicted octanol–water partition coefficient (Wildman–Crippen LogP) is 6.10. The highest BCUT2D eigenvalue weighted by Gasteiger charge is 2.10. The van der Waals surface area contributed by atoms with Gasteiger partial charge in [-0.1, -0.05) is 36.4 Å². The third kappa shape index (κ3) is 4.26. The molecule has 4 aromatic rings. The van der Waals surface area contributed by atoms with Crippen LogP contribution < -0.4 is 10.2 Å². The molecule has 4 nitrogen and oxygen atoms in total. The van der Waals surface area contributed by atoms with Gasteiger partial charge in [-0.15, -0.1) is 11.3 Å². The Balaban J connectivity index is 1.47. The number of rotatable bonds is 5. The normalized spacial score (nSPS) is 10.6. The minimum absolute atomic E-state index is 0.122. The van der Waals surface area contributed by atoms with Gasteiger partial charge in [-0.25, -0.2) is 4.98 Å². The highest BCUT2D eigenvalue weighted by molar-refractivity contribution is 7.13. The van der Waals surface area contributed by atoms with Gasteiger partial charge in [0.25, 0.3) is 5.91 Å². The number of benzene rings is 3. The van der Waals surface area contributed by atoms with Gasteiger partial charge in [-0.3, -0.25) is 4.79 Å². The molecule has 0 bridgehead atoms. The summed E-state index contributed by atoms with van der Waals surface area (Å²) < 4.78 is 0. The molecule has 0 aliphatic carbocycles. The van der Waals surface area contributed by atoms with Gasteiger partial charge in [0, 0.05) is 47.5 Å². The second-order valence-electron chi connectivity index (χ2n) is 7.33. The van der Waals surface area contributed by atoms with Crippen molar-refractivity contribution in [2.45, 2.75) is 6.92 Å². The van der Waals surface area contributed by atoms with Crippen LogP contribution in [0.3, 0.4) is 0 Å². The van der Waals surface area contributed by atoms with E-state index < -0.39 is 0 Å². The summed E-state index contributed by atoms with van der Waals surface area (Å²) in [6, 6.07) is 23.6. The lowest BCUT2D eigenvalue weighted by atomic mass is 10.1. The van der Waals surface area contributed by atoms with Crippen molar-refractivity contribution in [2.75, 3.05) is 24.3 Å². The quantitative estimate of drug-likeness (QED) is 0.430. The first-order chi connectivity index (χ1) is 14.5. The number of hydrogen-bond acceptors (Lipinski definition) is 4. The van der Waals surface area contributed by atoms with Crippen molar-refractivity contribution >= 4 is 28.6 Å². The van der Waals surface area contributed by atoms with E-state index >= 15 is 0 Å². The summed E-state index contributed by atoms with van der Waals surface area (Å²) in [6.07, 6.45) is 0. The Bertz CT molecular complexity index is 1160. The number of aromatic nitrogens is 1. The molecule has 0 unspecified atom stereocenters. The average molecular weight is 414 g/mol. The van der Waals surface area contributed by atoms with Gasteiger partial charge in [-0.2, -0.15) is 0 Å². The van der Waals surface area contributed by atoms with Crippen LogP contribution in [-0.2, 0) is 0 Å². The Morgan fingerprint density at radius 3 is 2.30 bits per heavy atom. The lowest BCUT2D eigenvalue weighted by molar-refractivity contribution is 0.102. The van der Waals surface area contributed by atoms with Gasteiger partial charge in [0.1, 0.15) is 5.01 Å². The maximum absolute atomic E-state index is 12.5. The lowest BCUT2D eigenvalue weighted by Crippen LogP contribution is -2.13. The Labute approximate surface area is 180 Å². The Kier molecular flexibility index (Phi) is 5.63. The topological polar surface area (TPSA) is 45.2 Å². The van der Waals surface area contributed by atoms with Crippen LogP contribution in [0.2, 0.25) is 0 Å². The molecule has 1 heterocycles. The molecular weight excluding hydrogens is 390 g/mol. The molecular formula is C25H23N3OS. The largest absolute Gasteiger partial charge is 0.378 e.